The molecule has 0 spiro atoms. The molecule has 0 radical (unpaired) electrons. The number of aryl methyl sites for hydroxylation is 2. The Labute approximate surface area is 322 Å². The molecule has 16 heteroatoms. The monoisotopic (exact) mass is 785 g/mol. The Balaban J connectivity index is 1.50. The van der Waals surface area contributed by atoms with E-state index < -0.39 is 51.5 Å². The number of aromatic nitrogens is 6. The molecule has 1 unspecified atom stereocenters. The van der Waals surface area contributed by atoms with Crippen molar-refractivity contribution in [1.29, 1.82) is 0 Å². The minimum atomic E-state index is -4.46. The van der Waals surface area contributed by atoms with E-state index in [1.807, 2.05) is 31.2 Å². The van der Waals surface area contributed by atoms with Crippen LogP contribution in [0.15, 0.2) is 76.7 Å². The van der Waals surface area contributed by atoms with E-state index in [0.29, 0.717) is 46.8 Å². The molecule has 1 amide bonds. The van der Waals surface area contributed by atoms with Crippen molar-refractivity contribution in [3.63, 3.8) is 0 Å². The third kappa shape index (κ3) is 6.10. The van der Waals surface area contributed by atoms with E-state index in [0.717, 1.165) is 9.54 Å². The minimum absolute atomic E-state index is 0.000903. The van der Waals surface area contributed by atoms with Gasteiger partial charge in [0.05, 0.1) is 63.1 Å². The number of carbonyl (C=O) groups excluding carboxylic acids is 1. The third-order valence-corrected chi connectivity index (χ3v) is 12.7. The lowest BCUT2D eigenvalue weighted by Crippen LogP contribution is -2.44. The first kappa shape index (κ1) is 37.6. The van der Waals surface area contributed by atoms with Gasteiger partial charge < -0.3 is 19.5 Å². The summed E-state index contributed by atoms with van der Waals surface area (Å²) < 4.78 is 69.7. The lowest BCUT2D eigenvalue weighted by atomic mass is 9.90. The van der Waals surface area contributed by atoms with Crippen molar-refractivity contribution in [3.05, 3.63) is 89.0 Å². The van der Waals surface area contributed by atoms with Gasteiger partial charge in [0.2, 0.25) is 5.95 Å². The molecule has 3 aliphatic rings. The summed E-state index contributed by atoms with van der Waals surface area (Å²) in [6.07, 6.45) is 2.85. The molecule has 6 aromatic rings. The normalized spacial score (nSPS) is 21.5. The van der Waals surface area contributed by atoms with E-state index in [-0.39, 0.29) is 34.1 Å². The van der Waals surface area contributed by atoms with E-state index >= 15 is 4.39 Å². The van der Waals surface area contributed by atoms with Crippen LogP contribution in [-0.2, 0) is 43.9 Å². The molecule has 1 N–H and O–H groups in total. The van der Waals surface area contributed by atoms with Crippen LogP contribution in [0.4, 0.5) is 9.18 Å². The molecule has 2 aromatic carbocycles. The Morgan fingerprint density at radius 2 is 1.79 bits per heavy atom. The van der Waals surface area contributed by atoms with Crippen LogP contribution in [0, 0.1) is 5.95 Å². The second-order valence-corrected chi connectivity index (χ2v) is 17.6. The van der Waals surface area contributed by atoms with Gasteiger partial charge in [-0.1, -0.05) is 42.5 Å². The van der Waals surface area contributed by atoms with Gasteiger partial charge in [-0.15, -0.1) is 5.10 Å². The topological polar surface area (TPSA) is 153 Å². The van der Waals surface area contributed by atoms with Crippen LogP contribution in [0.1, 0.15) is 58.6 Å². The predicted octanol–water partition coefficient (Wildman–Crippen LogP) is 6.01. The van der Waals surface area contributed by atoms with Crippen molar-refractivity contribution in [3.8, 4) is 22.4 Å². The molecule has 6 heterocycles. The summed E-state index contributed by atoms with van der Waals surface area (Å²) in [5.41, 5.74) is 0.569. The molecule has 294 valence electrons. The second-order valence-electron chi connectivity index (χ2n) is 15.8. The highest BCUT2D eigenvalue weighted by Crippen LogP contribution is 2.47. The molecule has 4 aromatic heterocycles. The van der Waals surface area contributed by atoms with E-state index in [1.54, 1.807) is 64.7 Å². The highest BCUT2D eigenvalue weighted by Gasteiger charge is 2.42. The summed E-state index contributed by atoms with van der Waals surface area (Å²) in [7, 11) is 0.343. The van der Waals surface area contributed by atoms with Gasteiger partial charge in [-0.3, -0.25) is 13.8 Å². The van der Waals surface area contributed by atoms with Crippen LogP contribution in [0.2, 0.25) is 0 Å². The first-order chi connectivity index (χ1) is 26.5. The Kier molecular flexibility index (Phi) is 9.01. The van der Waals surface area contributed by atoms with Crippen molar-refractivity contribution in [2.45, 2.75) is 81.2 Å². The summed E-state index contributed by atoms with van der Waals surface area (Å²) in [6, 6.07) is 14.3. The number of methoxy groups -OCH3 is 1. The molecule has 2 aliphatic heterocycles. The largest absolute Gasteiger partial charge is 0.444 e. The molecule has 4 bridgehead atoms. The van der Waals surface area contributed by atoms with Gasteiger partial charge in [0, 0.05) is 45.4 Å². The highest BCUT2D eigenvalue weighted by atomic mass is 32.2. The van der Waals surface area contributed by atoms with E-state index in [1.165, 1.54) is 33.8 Å². The van der Waals surface area contributed by atoms with E-state index in [9.17, 15) is 18.0 Å². The van der Waals surface area contributed by atoms with Crippen LogP contribution in [0.5, 0.6) is 0 Å². The fourth-order valence-electron chi connectivity index (χ4n) is 8.20. The maximum atomic E-state index is 16.1. The highest BCUT2D eigenvalue weighted by molar-refractivity contribution is 7.90. The van der Waals surface area contributed by atoms with Gasteiger partial charge in [0.25, 0.3) is 10.0 Å². The molecule has 14 nitrogen and oxygen atoms in total. The summed E-state index contributed by atoms with van der Waals surface area (Å²) in [6.45, 7) is 7.57. The SMILES string of the molecule is COC1(C)CCO[C@@H]2C[C@H](C[C@@H]2NC(=O)OC(C)(C)C)n2c(=O)n(C)c3cnc4c(c(c(-c5cn(C)nc5F)n4S(=O)(=O)c4ccccc4)-c4ccc1cc4)c32. The Bertz CT molecular complexity index is 2680. The first-order valence-electron chi connectivity index (χ1n) is 18.4. The predicted molar refractivity (Wildman–Crippen MR) is 207 cm³/mol. The molecular formula is C40H44FN7O7S. The maximum absolute atomic E-state index is 16.1. The molecular weight excluding hydrogens is 742 g/mol. The van der Waals surface area contributed by atoms with Crippen molar-refractivity contribution in [1.82, 2.24) is 33.2 Å². The van der Waals surface area contributed by atoms with Gasteiger partial charge in [0.1, 0.15) is 5.60 Å². The Hall–Kier alpha value is -5.32. The van der Waals surface area contributed by atoms with Crippen molar-refractivity contribution in [2.75, 3.05) is 13.7 Å². The van der Waals surface area contributed by atoms with Gasteiger partial charge in [-0.05, 0) is 63.8 Å². The summed E-state index contributed by atoms with van der Waals surface area (Å²) in [4.78, 5) is 32.4. The fraction of sp³-hybridized carbons (Fsp3) is 0.400. The number of alkyl carbamates (subject to hydrolysis) is 1. The summed E-state index contributed by atoms with van der Waals surface area (Å²) >= 11 is 0. The lowest BCUT2D eigenvalue weighted by Gasteiger charge is -2.30. The van der Waals surface area contributed by atoms with Crippen LogP contribution in [-0.4, -0.2) is 73.8 Å². The number of imidazole rings is 1. The van der Waals surface area contributed by atoms with Crippen LogP contribution in [0.25, 0.3) is 44.5 Å². The molecule has 1 fully saturated rings. The average Bonchev–Trinajstić information content (AvgIpc) is 3.87. The molecule has 4 atom stereocenters. The van der Waals surface area contributed by atoms with Crippen LogP contribution in [0.3, 0.4) is 0 Å². The zero-order valence-electron chi connectivity index (χ0n) is 32.2. The first-order valence-corrected chi connectivity index (χ1v) is 19.9. The fourth-order valence-corrected chi connectivity index (χ4v) is 9.70. The number of rotatable bonds is 5. The standard InChI is InChI=1S/C40H44FN7O7S/c1-39(2,3)55-37(49)43-28-19-25-20-30(28)54-18-17-40(4,53-7)24-15-13-23(14-16-24)31-32-34-29(46(6)38(50)47(25)34)21-42-36(32)48(33(31)27-22-45(5)44-35(27)41)56(51,52)26-11-9-8-10-12-26/h8-16,21-22,25,28,30H,17-20H2,1-7H3,(H,43,49)/t25-,28-,30+,40?/m0/s1. The van der Waals surface area contributed by atoms with Gasteiger partial charge in [-0.2, -0.15) is 4.39 Å². The zero-order chi connectivity index (χ0) is 39.9. The number of pyridine rings is 1. The number of hydrogen-bond donors (Lipinski definition) is 1. The second kappa shape index (κ2) is 13.4. The number of hydrogen-bond acceptors (Lipinski definition) is 9. The zero-order valence-corrected chi connectivity index (χ0v) is 33.1. The number of nitrogens with one attached hydrogen (secondary N) is 1. The van der Waals surface area contributed by atoms with Gasteiger partial charge >= 0.3 is 11.8 Å². The molecule has 56 heavy (non-hydrogen) atoms. The smallest absolute Gasteiger partial charge is 0.407 e. The lowest BCUT2D eigenvalue weighted by molar-refractivity contribution is -0.0455. The maximum Gasteiger partial charge on any atom is 0.407 e. The number of nitrogens with zero attached hydrogens (tertiary/aromatic N) is 6. The molecule has 1 saturated carbocycles. The van der Waals surface area contributed by atoms with Gasteiger partial charge in [0.15, 0.2) is 5.65 Å². The molecule has 1 aliphatic carbocycles. The van der Waals surface area contributed by atoms with Crippen molar-refractivity contribution >= 4 is 38.2 Å². The average molecular weight is 786 g/mol. The minimum Gasteiger partial charge on any atom is -0.444 e. The number of benzene rings is 2. The Morgan fingerprint density at radius 3 is 2.43 bits per heavy atom. The number of ether oxygens (including phenoxy) is 3. The van der Waals surface area contributed by atoms with Crippen molar-refractivity contribution in [2.24, 2.45) is 14.1 Å². The van der Waals surface area contributed by atoms with Gasteiger partial charge in [-0.25, -0.2) is 27.0 Å². The number of carbonyl (C=O) groups is 1. The number of fused-ring (bicyclic) bond motifs is 5. The quantitative estimate of drug-likeness (QED) is 0.221. The van der Waals surface area contributed by atoms with Crippen molar-refractivity contribution < 1.29 is 31.8 Å². The summed E-state index contributed by atoms with van der Waals surface area (Å²) in [5.74, 6) is -0.885. The number of halogens is 1. The van der Waals surface area contributed by atoms with Crippen LogP contribution < -0.4 is 11.0 Å². The third-order valence-electron chi connectivity index (χ3n) is 11.0. The molecule has 9 rings (SSSR count). The van der Waals surface area contributed by atoms with Crippen LogP contribution >= 0.6 is 0 Å². The van der Waals surface area contributed by atoms with E-state index in [4.69, 9.17) is 19.2 Å². The Morgan fingerprint density at radius 1 is 1.07 bits per heavy atom. The summed E-state index contributed by atoms with van der Waals surface area (Å²) in [5, 5.41) is 7.30. The molecule has 0 saturated heterocycles. The number of amides is 1. The van der Waals surface area contributed by atoms with E-state index in [2.05, 4.69) is 10.4 Å².